The van der Waals surface area contributed by atoms with E-state index in [1.807, 2.05) is 6.92 Å². The highest BCUT2D eigenvalue weighted by molar-refractivity contribution is 5.80. The van der Waals surface area contributed by atoms with Gasteiger partial charge in [0.25, 0.3) is 0 Å². The summed E-state index contributed by atoms with van der Waals surface area (Å²) in [6.45, 7) is 13.7. The molecule has 424 valence electrons. The predicted molar refractivity (Wildman–Crippen MR) is 252 cm³/mol. The minimum Gasteiger partial charge on any atom is -0.432 e. The maximum atomic E-state index is 15.3. The Labute approximate surface area is 431 Å². The first-order valence-corrected chi connectivity index (χ1v) is 26.7. The van der Waals surface area contributed by atoms with Gasteiger partial charge >= 0.3 is 5.97 Å². The van der Waals surface area contributed by atoms with Gasteiger partial charge in [0, 0.05) is 5.41 Å². The Balaban J connectivity index is 0.919. The fourth-order valence-electron chi connectivity index (χ4n) is 16.0. The Kier molecular flexibility index (Phi) is 15.4. The van der Waals surface area contributed by atoms with Crippen LogP contribution in [0.3, 0.4) is 0 Å². The van der Waals surface area contributed by atoms with E-state index in [0.29, 0.717) is 32.1 Å². The van der Waals surface area contributed by atoms with Gasteiger partial charge in [0.1, 0.15) is 66.0 Å². The Bertz CT molecular complexity index is 2080. The number of aliphatic hydroxyl groups excluding tert-OH is 12. The Morgan fingerprint density at radius 2 is 1.31 bits per heavy atom. The van der Waals surface area contributed by atoms with Crippen LogP contribution < -0.4 is 0 Å². The van der Waals surface area contributed by atoms with Gasteiger partial charge in [-0.3, -0.25) is 4.79 Å². The molecule has 4 saturated heterocycles. The van der Waals surface area contributed by atoms with E-state index in [1.165, 1.54) is 13.8 Å². The molecule has 0 radical (unpaired) electrons. The topological polar surface area (TPSA) is 354 Å². The van der Waals surface area contributed by atoms with Crippen molar-refractivity contribution >= 4 is 5.97 Å². The average molecular weight is 1060 g/mol. The lowest BCUT2D eigenvalue weighted by Crippen LogP contribution is -2.70. The third-order valence-electron chi connectivity index (χ3n) is 20.8. The lowest BCUT2D eigenvalue weighted by molar-refractivity contribution is -0.375. The number of ether oxygens (including phenoxy) is 8. The molecule has 74 heavy (non-hydrogen) atoms. The number of aliphatic hydroxyl groups is 13. The van der Waals surface area contributed by atoms with Gasteiger partial charge in [0.15, 0.2) is 25.0 Å². The van der Waals surface area contributed by atoms with Crippen molar-refractivity contribution < 1.29 is 109 Å². The summed E-state index contributed by atoms with van der Waals surface area (Å²) in [5.41, 5.74) is -5.13. The van der Waals surface area contributed by atoms with Crippen molar-refractivity contribution in [2.45, 2.75) is 229 Å². The quantitative estimate of drug-likeness (QED) is 0.0849. The van der Waals surface area contributed by atoms with Crippen molar-refractivity contribution in [3.8, 4) is 0 Å². The molecule has 28 atom stereocenters. The molecule has 9 rings (SSSR count). The van der Waals surface area contributed by atoms with E-state index in [4.69, 9.17) is 37.9 Å². The molecule has 0 unspecified atom stereocenters. The van der Waals surface area contributed by atoms with E-state index >= 15 is 4.79 Å². The van der Waals surface area contributed by atoms with Crippen molar-refractivity contribution in [1.29, 1.82) is 0 Å². The number of carbonyl (C=O) groups is 1. The highest BCUT2D eigenvalue weighted by Gasteiger charge is 2.73. The number of allylic oxidation sites excluding steroid dienone is 2. The first-order valence-electron chi connectivity index (χ1n) is 26.7. The Morgan fingerprint density at radius 1 is 0.662 bits per heavy atom. The van der Waals surface area contributed by atoms with Gasteiger partial charge in [-0.25, -0.2) is 0 Å². The van der Waals surface area contributed by atoms with Crippen LogP contribution in [0.1, 0.15) is 107 Å². The van der Waals surface area contributed by atoms with Gasteiger partial charge in [-0.2, -0.15) is 0 Å². The molecule has 22 nitrogen and oxygen atoms in total. The van der Waals surface area contributed by atoms with Crippen LogP contribution in [0.4, 0.5) is 0 Å². The molecule has 9 aliphatic rings. The van der Waals surface area contributed by atoms with E-state index in [9.17, 15) is 66.4 Å². The van der Waals surface area contributed by atoms with E-state index in [-0.39, 0.29) is 36.7 Å². The number of rotatable bonds is 10. The molecule has 4 saturated carbocycles. The van der Waals surface area contributed by atoms with E-state index in [0.717, 1.165) is 12.0 Å². The maximum absolute atomic E-state index is 15.3. The lowest BCUT2D eigenvalue weighted by atomic mass is 9.33. The van der Waals surface area contributed by atoms with Gasteiger partial charge in [-0.1, -0.05) is 53.2 Å². The zero-order valence-corrected chi connectivity index (χ0v) is 43.8. The third-order valence-corrected chi connectivity index (χ3v) is 20.8. The SMILES string of the molecule is C[C@@H]1O[C@@H](O[C@H]2[C@H](OC(=O)[C@]34CCC(C)(C)C[C@H]3C3=CC[C@@H]5[C@@]6(C)C[C@H](O)[C@H](O)[C@@](C)(CO)[C@@H]6CC[C@@]5(C)[C@]3(C)C[C@H]4O)O[C@H](C)[C@H](O)[C@@H]2O)[C@H](O)[C@H](O)[C@H]1O[C@@H]1OC[C@@H](O[C@@H]2OC[C@](O)(CO)[C@H]2O)[C@H](O)[C@H]1O. The van der Waals surface area contributed by atoms with Crippen molar-refractivity contribution in [3.63, 3.8) is 0 Å². The summed E-state index contributed by atoms with van der Waals surface area (Å²) in [7, 11) is 0. The smallest absolute Gasteiger partial charge is 0.317 e. The van der Waals surface area contributed by atoms with Crippen LogP contribution in [0.15, 0.2) is 11.6 Å². The molecular weight excluding hydrogens is 977 g/mol. The van der Waals surface area contributed by atoms with E-state index in [1.54, 1.807) is 0 Å². The number of esters is 1. The summed E-state index contributed by atoms with van der Waals surface area (Å²) in [6.07, 6.45) is -22.8. The number of fused-ring (bicyclic) bond motifs is 7. The number of hydrogen-bond acceptors (Lipinski definition) is 22. The van der Waals surface area contributed by atoms with Crippen molar-refractivity contribution in [2.24, 2.45) is 50.2 Å². The summed E-state index contributed by atoms with van der Waals surface area (Å²) in [6, 6.07) is 0. The van der Waals surface area contributed by atoms with Crippen LogP contribution in [-0.2, 0) is 42.7 Å². The number of carbonyl (C=O) groups excluding carboxylic acids is 1. The molecule has 0 spiro atoms. The standard InChI is InChI=1S/C52H84O22/c1-22-31(57)33(59)38(73-42-36(62)34(60)37(23(2)70-42)72-41-35(61)32(58)27(18-67-41)71-44-40(64)51(66,20-54)21-68-44)43(69-22)74-45(65)52-14-13-46(3,4)15-25(52)24-9-10-29-47(5)16-26(55)39(63)48(6,19-53)28(47)11-12-49(29,7)50(24,8)17-30(52)56/h9,22-23,25-44,53-64,66H,10-21H2,1-8H3/t22-,23+,25+,26+,27-,28-,29-,30-,31+,32+,33+,34+,35-,36-,37+,38-,39+,40+,41+,42+,43+,44+,47+,48+,49-,50-,51-,52-/m1/s1. The molecular formula is C52H84O22. The Morgan fingerprint density at radius 3 is 1.97 bits per heavy atom. The van der Waals surface area contributed by atoms with Gasteiger partial charge in [-0.05, 0) is 105 Å². The number of hydrogen-bond donors (Lipinski definition) is 13. The van der Waals surface area contributed by atoms with Crippen LogP contribution >= 0.6 is 0 Å². The molecule has 5 aliphatic carbocycles. The van der Waals surface area contributed by atoms with Gasteiger partial charge in [0.05, 0.1) is 56.9 Å². The second kappa shape index (κ2) is 19.9. The highest BCUT2D eigenvalue weighted by atomic mass is 16.8. The molecule has 0 aromatic carbocycles. The molecule has 0 aromatic rings. The molecule has 8 fully saturated rings. The average Bonchev–Trinajstić information content (AvgIpc) is 3.62. The molecule has 0 bridgehead atoms. The minimum atomic E-state index is -2.01. The van der Waals surface area contributed by atoms with Crippen LogP contribution in [0.2, 0.25) is 0 Å². The predicted octanol–water partition coefficient (Wildman–Crippen LogP) is -1.79. The minimum absolute atomic E-state index is 0.00301. The van der Waals surface area contributed by atoms with Gasteiger partial charge in [-0.15, -0.1) is 0 Å². The fraction of sp³-hybridized carbons (Fsp3) is 0.942. The molecule has 0 aromatic heterocycles. The fourth-order valence-corrected chi connectivity index (χ4v) is 16.0. The summed E-state index contributed by atoms with van der Waals surface area (Å²) in [4.78, 5) is 15.3. The highest BCUT2D eigenvalue weighted by Crippen LogP contribution is 2.76. The first-order chi connectivity index (χ1) is 34.5. The van der Waals surface area contributed by atoms with Crippen molar-refractivity contribution in [3.05, 3.63) is 11.6 Å². The molecule has 22 heteroatoms. The summed E-state index contributed by atoms with van der Waals surface area (Å²) < 4.78 is 46.8. The monoisotopic (exact) mass is 1060 g/mol. The second-order valence-electron chi connectivity index (χ2n) is 25.6. The maximum Gasteiger partial charge on any atom is 0.317 e. The van der Waals surface area contributed by atoms with Gasteiger partial charge < -0.3 is 104 Å². The lowest BCUT2D eigenvalue weighted by Gasteiger charge is -2.72. The van der Waals surface area contributed by atoms with Crippen molar-refractivity contribution in [1.82, 2.24) is 0 Å². The normalized spacial score (nSPS) is 56.3. The van der Waals surface area contributed by atoms with Crippen molar-refractivity contribution in [2.75, 3.05) is 26.4 Å². The van der Waals surface area contributed by atoms with Gasteiger partial charge in [0.2, 0.25) is 6.29 Å². The summed E-state index contributed by atoms with van der Waals surface area (Å²) >= 11 is 0. The van der Waals surface area contributed by atoms with E-state index in [2.05, 4.69) is 40.7 Å². The zero-order chi connectivity index (χ0) is 54.2. The van der Waals surface area contributed by atoms with Crippen LogP contribution in [-0.4, -0.2) is 221 Å². The molecule has 4 aliphatic heterocycles. The summed E-state index contributed by atoms with van der Waals surface area (Å²) in [5, 5.41) is 144. The zero-order valence-electron chi connectivity index (χ0n) is 43.8. The second-order valence-corrected chi connectivity index (χ2v) is 25.6. The van der Waals surface area contributed by atoms with E-state index < -0.39 is 181 Å². The third kappa shape index (κ3) is 8.70. The molecule has 4 heterocycles. The largest absolute Gasteiger partial charge is 0.432 e. The molecule has 13 N–H and O–H groups in total. The van der Waals surface area contributed by atoms with Crippen LogP contribution in [0.25, 0.3) is 0 Å². The van der Waals surface area contributed by atoms with Crippen LogP contribution in [0, 0.1) is 50.2 Å². The molecule has 0 amide bonds. The first kappa shape index (κ1) is 57.1. The van der Waals surface area contributed by atoms with Crippen LogP contribution in [0.5, 0.6) is 0 Å². The summed E-state index contributed by atoms with van der Waals surface area (Å²) in [5.74, 6) is -1.37. The Hall–Kier alpha value is -1.59.